The smallest absolute Gasteiger partial charge is 0.336 e. The number of rotatable bonds is 2. The van der Waals surface area contributed by atoms with Crippen LogP contribution in [0.3, 0.4) is 0 Å². The molecule has 0 aliphatic rings. The summed E-state index contributed by atoms with van der Waals surface area (Å²) in [6, 6.07) is 7.54. The Morgan fingerprint density at radius 1 is 0.600 bits per heavy atom. The van der Waals surface area contributed by atoms with Crippen LogP contribution in [0.5, 0.6) is 0 Å². The van der Waals surface area contributed by atoms with E-state index in [1.165, 1.54) is 0 Å². The van der Waals surface area contributed by atoms with Gasteiger partial charge in [-0.05, 0) is 63.8 Å². The average Bonchev–Trinajstić information content (AvgIpc) is 2.35. The van der Waals surface area contributed by atoms with Crippen molar-refractivity contribution in [2.24, 2.45) is 0 Å². The second kappa shape index (κ2) is 9.51. The molecule has 5 heteroatoms. The molecular weight excluding hydrogens is 411 g/mol. The van der Waals surface area contributed by atoms with Gasteiger partial charge in [0.15, 0.2) is 0 Å². The van der Waals surface area contributed by atoms with Gasteiger partial charge in [-0.3, -0.25) is 0 Å². The summed E-state index contributed by atoms with van der Waals surface area (Å²) < 4.78 is 0. The molecule has 25 heavy (non-hydrogen) atoms. The Morgan fingerprint density at radius 3 is 0.960 bits per heavy atom. The predicted molar refractivity (Wildman–Crippen MR) is 95.2 cm³/mol. The van der Waals surface area contributed by atoms with E-state index >= 15 is 0 Å². The van der Waals surface area contributed by atoms with Crippen LogP contribution >= 0.6 is 0 Å². The van der Waals surface area contributed by atoms with Gasteiger partial charge in [-0.15, -0.1) is 0 Å². The zero-order valence-corrected chi connectivity index (χ0v) is 16.9. The van der Waals surface area contributed by atoms with E-state index in [0.717, 1.165) is 33.4 Å². The Morgan fingerprint density at radius 2 is 0.800 bits per heavy atom. The molecule has 0 saturated heterocycles. The number of carboxylic acids is 2. The van der Waals surface area contributed by atoms with E-state index in [9.17, 15) is 9.59 Å². The molecule has 2 aromatic carbocycles. The second-order valence-electron chi connectivity index (χ2n) is 6.16. The number of hydrogen-bond acceptors (Lipinski definition) is 2. The Balaban J connectivity index is 0.000000443. The first-order valence-corrected chi connectivity index (χ1v) is 7.66. The number of aromatic carboxylic acids is 2. The summed E-state index contributed by atoms with van der Waals surface area (Å²) in [5.41, 5.74) is 6.41. The molecule has 0 aliphatic heterocycles. The normalized spacial score (nSPS) is 9.52. The first-order chi connectivity index (χ1) is 11.0. The van der Waals surface area contributed by atoms with Gasteiger partial charge >= 0.3 is 11.9 Å². The molecule has 2 aromatic rings. The van der Waals surface area contributed by atoms with Gasteiger partial charge in [0.1, 0.15) is 0 Å². The molecule has 0 saturated carbocycles. The van der Waals surface area contributed by atoms with Crippen molar-refractivity contribution in [3.63, 3.8) is 0 Å². The van der Waals surface area contributed by atoms with Gasteiger partial charge < -0.3 is 10.2 Å². The summed E-state index contributed by atoms with van der Waals surface area (Å²) in [6.07, 6.45) is 0. The third-order valence-electron chi connectivity index (χ3n) is 3.78. The molecule has 0 bridgehead atoms. The van der Waals surface area contributed by atoms with Crippen molar-refractivity contribution < 1.29 is 40.2 Å². The van der Waals surface area contributed by atoms with Gasteiger partial charge in [0.25, 0.3) is 0 Å². The van der Waals surface area contributed by atoms with E-state index < -0.39 is 11.9 Å². The fourth-order valence-corrected chi connectivity index (χ4v) is 3.03. The summed E-state index contributed by atoms with van der Waals surface area (Å²) >= 11 is 0. The summed E-state index contributed by atoms with van der Waals surface area (Å²) in [6.45, 7) is 11.2. The van der Waals surface area contributed by atoms with E-state index in [1.54, 1.807) is 0 Å². The van der Waals surface area contributed by atoms with Crippen LogP contribution in [0.2, 0.25) is 0 Å². The van der Waals surface area contributed by atoms with Crippen molar-refractivity contribution in [3.05, 3.63) is 68.8 Å². The van der Waals surface area contributed by atoms with Crippen LogP contribution in [0.25, 0.3) is 0 Å². The molecule has 138 valence electrons. The third-order valence-corrected chi connectivity index (χ3v) is 3.78. The fourth-order valence-electron chi connectivity index (χ4n) is 3.03. The molecule has 0 aliphatic carbocycles. The zero-order valence-electron chi connectivity index (χ0n) is 15.3. The molecule has 0 spiro atoms. The van der Waals surface area contributed by atoms with E-state index in [0.29, 0.717) is 11.1 Å². The monoisotopic (exact) mass is 434 g/mol. The van der Waals surface area contributed by atoms with Crippen LogP contribution in [0, 0.1) is 41.5 Å². The topological polar surface area (TPSA) is 74.6 Å². The summed E-state index contributed by atoms with van der Waals surface area (Å²) in [4.78, 5) is 21.5. The fraction of sp³-hybridized carbons (Fsp3) is 0.300. The molecule has 0 heterocycles. The Bertz CT molecular complexity index is 681. The molecular formula is C20H24O4Pd. The molecule has 4 nitrogen and oxygen atoms in total. The van der Waals surface area contributed by atoms with Crippen LogP contribution in [0.4, 0.5) is 0 Å². The van der Waals surface area contributed by atoms with Crippen molar-refractivity contribution in [3.8, 4) is 0 Å². The third kappa shape index (κ3) is 6.12. The molecule has 0 unspecified atom stereocenters. The standard InChI is InChI=1S/2C10H12O2.Pd/c2*1-6-4-7(2)9(10(11)12)8(3)5-6;/h2*4-5H,1-3H3,(H,11,12);. The molecule has 2 N–H and O–H groups in total. The van der Waals surface area contributed by atoms with Gasteiger partial charge in [-0.2, -0.15) is 0 Å². The SMILES string of the molecule is Cc1cc(C)c(C(=O)O)c(C)c1.Cc1cc(C)c(C(=O)O)c(C)c1.[Pd]. The van der Waals surface area contributed by atoms with Crippen LogP contribution in [-0.2, 0) is 20.4 Å². The molecule has 2 rings (SSSR count). The molecule has 0 aromatic heterocycles. The maximum atomic E-state index is 10.8. The number of hydrogen-bond donors (Lipinski definition) is 2. The van der Waals surface area contributed by atoms with Gasteiger partial charge in [-0.25, -0.2) is 9.59 Å². The van der Waals surface area contributed by atoms with Crippen molar-refractivity contribution in [1.29, 1.82) is 0 Å². The quantitative estimate of drug-likeness (QED) is 0.676. The van der Waals surface area contributed by atoms with E-state index in [1.807, 2.05) is 65.8 Å². The largest absolute Gasteiger partial charge is 0.478 e. The maximum Gasteiger partial charge on any atom is 0.336 e. The predicted octanol–water partition coefficient (Wildman–Crippen LogP) is 4.62. The molecule has 0 atom stereocenters. The molecule has 0 radical (unpaired) electrons. The number of carboxylic acid groups (broad SMARTS) is 2. The molecule has 0 amide bonds. The second-order valence-corrected chi connectivity index (χ2v) is 6.16. The van der Waals surface area contributed by atoms with Crippen molar-refractivity contribution >= 4 is 11.9 Å². The van der Waals surface area contributed by atoms with Gasteiger partial charge in [0.05, 0.1) is 11.1 Å². The number of carbonyl (C=O) groups is 2. The Labute approximate surface area is 162 Å². The van der Waals surface area contributed by atoms with Gasteiger partial charge in [0.2, 0.25) is 0 Å². The van der Waals surface area contributed by atoms with E-state index in [-0.39, 0.29) is 20.4 Å². The summed E-state index contributed by atoms with van der Waals surface area (Å²) in [5, 5.41) is 17.7. The van der Waals surface area contributed by atoms with E-state index in [4.69, 9.17) is 10.2 Å². The van der Waals surface area contributed by atoms with Crippen LogP contribution in [-0.4, -0.2) is 22.2 Å². The maximum absolute atomic E-state index is 10.8. The minimum atomic E-state index is -0.843. The Hall–Kier alpha value is -1.96. The zero-order chi connectivity index (χ0) is 18.6. The molecule has 0 fully saturated rings. The first kappa shape index (κ1) is 23.0. The average molecular weight is 435 g/mol. The minimum absolute atomic E-state index is 0. The van der Waals surface area contributed by atoms with Gasteiger partial charge in [0, 0.05) is 20.4 Å². The van der Waals surface area contributed by atoms with Gasteiger partial charge in [-0.1, -0.05) is 35.4 Å². The number of aryl methyl sites for hydroxylation is 6. The van der Waals surface area contributed by atoms with Crippen LogP contribution < -0.4 is 0 Å². The van der Waals surface area contributed by atoms with Crippen molar-refractivity contribution in [2.45, 2.75) is 41.5 Å². The first-order valence-electron chi connectivity index (χ1n) is 7.66. The number of benzene rings is 2. The van der Waals surface area contributed by atoms with Crippen molar-refractivity contribution in [2.75, 3.05) is 0 Å². The van der Waals surface area contributed by atoms with Crippen molar-refractivity contribution in [1.82, 2.24) is 0 Å². The van der Waals surface area contributed by atoms with Crippen LogP contribution in [0.15, 0.2) is 24.3 Å². The summed E-state index contributed by atoms with van der Waals surface area (Å²) in [5.74, 6) is -1.69. The Kier molecular flexibility index (Phi) is 8.76. The minimum Gasteiger partial charge on any atom is -0.478 e. The summed E-state index contributed by atoms with van der Waals surface area (Å²) in [7, 11) is 0. The van der Waals surface area contributed by atoms with E-state index in [2.05, 4.69) is 0 Å². The van der Waals surface area contributed by atoms with Crippen LogP contribution in [0.1, 0.15) is 54.1 Å².